The van der Waals surface area contributed by atoms with Crippen LogP contribution in [-0.4, -0.2) is 12.0 Å². The summed E-state index contributed by atoms with van der Waals surface area (Å²) in [5.41, 5.74) is 2.34. The van der Waals surface area contributed by atoms with Crippen molar-refractivity contribution < 1.29 is 0 Å². The van der Waals surface area contributed by atoms with Gasteiger partial charge in [0.2, 0.25) is 0 Å². The number of nitrogens with zero attached hydrogens (tertiary/aromatic N) is 1. The predicted molar refractivity (Wildman–Crippen MR) is 95.2 cm³/mol. The van der Waals surface area contributed by atoms with Crippen molar-refractivity contribution in [2.45, 2.75) is 26.2 Å². The van der Waals surface area contributed by atoms with Gasteiger partial charge in [0.25, 0.3) is 0 Å². The second-order valence-corrected chi connectivity index (χ2v) is 7.21. The van der Waals surface area contributed by atoms with Crippen molar-refractivity contribution in [3.63, 3.8) is 0 Å². The largest absolute Gasteiger partial charge is 0.373 e. The van der Waals surface area contributed by atoms with Crippen LogP contribution in [0.3, 0.4) is 0 Å². The molecule has 0 aliphatic rings. The summed E-state index contributed by atoms with van der Waals surface area (Å²) in [4.78, 5) is 4.90. The maximum Gasteiger partial charge on any atom is 0.130 e. The SMILES string of the molecule is CNc1nc2c(cc1C(C)(C)C)cc(Br)c1ccccc12. The number of hydrogen-bond donors (Lipinski definition) is 1. The zero-order chi connectivity index (χ0) is 15.2. The molecule has 0 bridgehead atoms. The Kier molecular flexibility index (Phi) is 3.40. The molecule has 3 rings (SSSR count). The molecule has 0 aliphatic carbocycles. The van der Waals surface area contributed by atoms with Crippen LogP contribution in [0.15, 0.2) is 40.9 Å². The van der Waals surface area contributed by atoms with Gasteiger partial charge >= 0.3 is 0 Å². The molecular weight excluding hydrogens is 324 g/mol. The summed E-state index contributed by atoms with van der Waals surface area (Å²) in [5.74, 6) is 0.961. The predicted octanol–water partition coefficient (Wildman–Crippen LogP) is 5.49. The Hall–Kier alpha value is -1.61. The molecular formula is C18H19BrN2. The van der Waals surface area contributed by atoms with Crippen LogP contribution < -0.4 is 5.32 Å². The van der Waals surface area contributed by atoms with Crippen LogP contribution in [-0.2, 0) is 5.41 Å². The van der Waals surface area contributed by atoms with Gasteiger partial charge in [-0.3, -0.25) is 0 Å². The fraction of sp³-hybridized carbons (Fsp3) is 0.278. The summed E-state index contributed by atoms with van der Waals surface area (Å²) < 4.78 is 1.12. The van der Waals surface area contributed by atoms with Gasteiger partial charge in [-0.15, -0.1) is 0 Å². The first kappa shape index (κ1) is 14.3. The Morgan fingerprint density at radius 2 is 1.71 bits per heavy atom. The van der Waals surface area contributed by atoms with Gasteiger partial charge in [-0.2, -0.15) is 0 Å². The number of halogens is 1. The van der Waals surface area contributed by atoms with Crippen molar-refractivity contribution in [3.05, 3.63) is 46.4 Å². The van der Waals surface area contributed by atoms with Gasteiger partial charge in [0, 0.05) is 27.9 Å². The molecule has 0 aliphatic heterocycles. The van der Waals surface area contributed by atoms with Gasteiger partial charge in [0.05, 0.1) is 5.52 Å². The summed E-state index contributed by atoms with van der Waals surface area (Å²) in [6, 6.07) is 12.8. The minimum Gasteiger partial charge on any atom is -0.373 e. The number of aromatic nitrogens is 1. The minimum atomic E-state index is 0.0532. The fourth-order valence-electron chi connectivity index (χ4n) is 2.73. The van der Waals surface area contributed by atoms with Crippen LogP contribution in [0, 0.1) is 0 Å². The maximum atomic E-state index is 4.90. The van der Waals surface area contributed by atoms with Crippen molar-refractivity contribution in [2.24, 2.45) is 0 Å². The van der Waals surface area contributed by atoms with Crippen molar-refractivity contribution in [3.8, 4) is 0 Å². The van der Waals surface area contributed by atoms with Gasteiger partial charge in [-0.1, -0.05) is 61.0 Å². The lowest BCUT2D eigenvalue weighted by Crippen LogP contribution is -2.15. The van der Waals surface area contributed by atoms with Gasteiger partial charge in [-0.05, 0) is 22.9 Å². The molecule has 0 unspecified atom stereocenters. The zero-order valence-corrected chi connectivity index (χ0v) is 14.4. The average Bonchev–Trinajstić information content (AvgIpc) is 2.45. The molecule has 21 heavy (non-hydrogen) atoms. The zero-order valence-electron chi connectivity index (χ0n) is 12.8. The van der Waals surface area contributed by atoms with Crippen LogP contribution in [0.25, 0.3) is 21.7 Å². The lowest BCUT2D eigenvalue weighted by molar-refractivity contribution is 0.591. The average molecular weight is 343 g/mol. The highest BCUT2D eigenvalue weighted by Gasteiger charge is 2.20. The van der Waals surface area contributed by atoms with E-state index in [0.717, 1.165) is 15.8 Å². The number of anilines is 1. The third kappa shape index (κ3) is 2.40. The molecule has 1 aromatic heterocycles. The van der Waals surface area contributed by atoms with E-state index >= 15 is 0 Å². The van der Waals surface area contributed by atoms with Crippen LogP contribution in [0.2, 0.25) is 0 Å². The van der Waals surface area contributed by atoms with Crippen molar-refractivity contribution >= 4 is 43.4 Å². The van der Waals surface area contributed by atoms with Crippen LogP contribution in [0.4, 0.5) is 5.82 Å². The molecule has 0 fully saturated rings. The molecule has 0 atom stereocenters. The Labute approximate surface area is 133 Å². The Bertz CT molecular complexity index is 832. The van der Waals surface area contributed by atoms with E-state index < -0.39 is 0 Å². The summed E-state index contributed by atoms with van der Waals surface area (Å²) in [5, 5.41) is 6.80. The molecule has 3 heteroatoms. The maximum absolute atomic E-state index is 4.90. The summed E-state index contributed by atoms with van der Waals surface area (Å²) in [6.45, 7) is 6.65. The third-order valence-corrected chi connectivity index (χ3v) is 4.47. The standard InChI is InChI=1S/C18H19BrN2/c1-18(2,3)14-9-11-10-15(19)12-7-5-6-8-13(12)16(11)21-17(14)20-4/h5-10H,1-4H3,(H,20,21). The van der Waals surface area contributed by atoms with E-state index in [-0.39, 0.29) is 5.41 Å². The van der Waals surface area contributed by atoms with E-state index in [2.05, 4.69) is 78.4 Å². The first-order valence-corrected chi connectivity index (χ1v) is 7.91. The Morgan fingerprint density at radius 3 is 2.33 bits per heavy atom. The molecule has 0 radical (unpaired) electrons. The van der Waals surface area contributed by atoms with E-state index in [1.807, 2.05) is 7.05 Å². The summed E-state index contributed by atoms with van der Waals surface area (Å²) in [6.07, 6.45) is 0. The van der Waals surface area contributed by atoms with Crippen molar-refractivity contribution in [1.29, 1.82) is 0 Å². The smallest absolute Gasteiger partial charge is 0.130 e. The molecule has 0 saturated heterocycles. The second kappa shape index (κ2) is 4.99. The summed E-state index contributed by atoms with van der Waals surface area (Å²) >= 11 is 3.69. The number of fused-ring (bicyclic) bond motifs is 3. The minimum absolute atomic E-state index is 0.0532. The van der Waals surface area contributed by atoms with Crippen molar-refractivity contribution in [2.75, 3.05) is 12.4 Å². The normalized spacial score (nSPS) is 12.0. The highest BCUT2D eigenvalue weighted by atomic mass is 79.9. The van der Waals surface area contributed by atoms with Gasteiger partial charge in [0.1, 0.15) is 5.82 Å². The molecule has 0 amide bonds. The third-order valence-electron chi connectivity index (χ3n) is 3.82. The van der Waals surface area contributed by atoms with Crippen molar-refractivity contribution in [1.82, 2.24) is 4.98 Å². The van der Waals surface area contributed by atoms with Gasteiger partial charge in [0.15, 0.2) is 0 Å². The molecule has 2 nitrogen and oxygen atoms in total. The lowest BCUT2D eigenvalue weighted by Gasteiger charge is -2.23. The van der Waals surface area contributed by atoms with Crippen LogP contribution in [0.5, 0.6) is 0 Å². The van der Waals surface area contributed by atoms with E-state index in [0.29, 0.717) is 0 Å². The molecule has 1 heterocycles. The molecule has 0 saturated carbocycles. The number of hydrogen-bond acceptors (Lipinski definition) is 2. The number of benzene rings is 2. The molecule has 1 N–H and O–H groups in total. The number of rotatable bonds is 1. The molecule has 108 valence electrons. The number of nitrogens with one attached hydrogen (secondary N) is 1. The highest BCUT2D eigenvalue weighted by molar-refractivity contribution is 9.10. The second-order valence-electron chi connectivity index (χ2n) is 6.36. The van der Waals surface area contributed by atoms with Gasteiger partial charge in [-0.25, -0.2) is 4.98 Å². The highest BCUT2D eigenvalue weighted by Crippen LogP contribution is 2.36. The molecule has 0 spiro atoms. The van der Waals surface area contributed by atoms with Crippen LogP contribution >= 0.6 is 15.9 Å². The number of pyridine rings is 1. The van der Waals surface area contributed by atoms with E-state index in [1.54, 1.807) is 0 Å². The monoisotopic (exact) mass is 342 g/mol. The summed E-state index contributed by atoms with van der Waals surface area (Å²) in [7, 11) is 1.93. The first-order chi connectivity index (χ1) is 9.91. The fourth-order valence-corrected chi connectivity index (χ4v) is 3.32. The Morgan fingerprint density at radius 1 is 1.05 bits per heavy atom. The van der Waals surface area contributed by atoms with Gasteiger partial charge < -0.3 is 5.32 Å². The van der Waals surface area contributed by atoms with E-state index in [1.165, 1.54) is 21.7 Å². The van der Waals surface area contributed by atoms with Crippen LogP contribution in [0.1, 0.15) is 26.3 Å². The first-order valence-electron chi connectivity index (χ1n) is 7.12. The topological polar surface area (TPSA) is 24.9 Å². The van der Waals surface area contributed by atoms with E-state index in [9.17, 15) is 0 Å². The Balaban J connectivity index is 2.46. The molecule has 3 aromatic rings. The quantitative estimate of drug-likeness (QED) is 0.591. The molecule has 2 aromatic carbocycles. The lowest BCUT2D eigenvalue weighted by atomic mass is 9.86. The van der Waals surface area contributed by atoms with E-state index in [4.69, 9.17) is 4.98 Å².